The number of aliphatic hydroxyl groups is 2. The lowest BCUT2D eigenvalue weighted by atomic mass is 9.97. The molecule has 0 spiro atoms. The standard InChI is InChI=1S/C20H28O14/c1-7(21)27-5-12-16(29-8(2)22)17(30-9(3)23)18(31-10(4)24)20(33-12)34-15-11-6-28-19(32-11)14(26)13(15)25/h11-20,25-26H,5-6H2,1-4H3/t11?,12?,13-,14-,15?,16-,17+,18-,19?,20-/m1/s1. The van der Waals surface area contributed by atoms with Crippen molar-refractivity contribution in [3.05, 3.63) is 0 Å². The van der Waals surface area contributed by atoms with Crippen LogP contribution in [0.15, 0.2) is 0 Å². The zero-order chi connectivity index (χ0) is 25.2. The van der Waals surface area contributed by atoms with Crippen LogP contribution in [-0.4, -0.2) is 109 Å². The summed E-state index contributed by atoms with van der Waals surface area (Å²) < 4.78 is 43.3. The van der Waals surface area contributed by atoms with Gasteiger partial charge in [-0.15, -0.1) is 0 Å². The van der Waals surface area contributed by atoms with Gasteiger partial charge in [-0.1, -0.05) is 0 Å². The van der Waals surface area contributed by atoms with Gasteiger partial charge in [0.1, 0.15) is 37.1 Å². The van der Waals surface area contributed by atoms with Gasteiger partial charge in [0.2, 0.25) is 0 Å². The Kier molecular flexibility index (Phi) is 8.43. The molecule has 3 fully saturated rings. The number of hydrogen-bond acceptors (Lipinski definition) is 14. The monoisotopic (exact) mass is 492 g/mol. The highest BCUT2D eigenvalue weighted by molar-refractivity contribution is 5.68. The summed E-state index contributed by atoms with van der Waals surface area (Å²) >= 11 is 0. The van der Waals surface area contributed by atoms with E-state index in [-0.39, 0.29) is 6.61 Å². The Bertz CT molecular complexity index is 785. The molecular formula is C20H28O14. The van der Waals surface area contributed by atoms with Crippen molar-refractivity contribution in [1.82, 2.24) is 0 Å². The normalized spacial score (nSPS) is 39.1. The predicted octanol–water partition coefficient (Wildman–Crippen LogP) is -2.07. The van der Waals surface area contributed by atoms with Crippen molar-refractivity contribution >= 4 is 23.9 Å². The Balaban J connectivity index is 1.94. The lowest BCUT2D eigenvalue weighted by Crippen LogP contribution is -2.65. The molecule has 3 rings (SSSR count). The highest BCUT2D eigenvalue weighted by Gasteiger charge is 2.56. The summed E-state index contributed by atoms with van der Waals surface area (Å²) in [6.07, 6.45) is -12.9. The topological polar surface area (TPSA) is 183 Å². The van der Waals surface area contributed by atoms with Gasteiger partial charge in [0.05, 0.1) is 6.61 Å². The van der Waals surface area contributed by atoms with Crippen molar-refractivity contribution in [2.75, 3.05) is 13.2 Å². The summed E-state index contributed by atoms with van der Waals surface area (Å²) in [5.74, 6) is -3.03. The summed E-state index contributed by atoms with van der Waals surface area (Å²) in [6.45, 7) is 3.99. The van der Waals surface area contributed by atoms with Gasteiger partial charge in [0.25, 0.3) is 0 Å². The number of ether oxygens (including phenoxy) is 8. The summed E-state index contributed by atoms with van der Waals surface area (Å²) in [7, 11) is 0. The van der Waals surface area contributed by atoms with E-state index in [0.29, 0.717) is 0 Å². The molecule has 0 aliphatic carbocycles. The van der Waals surface area contributed by atoms with Crippen molar-refractivity contribution in [3.63, 3.8) is 0 Å². The average molecular weight is 492 g/mol. The smallest absolute Gasteiger partial charge is 0.303 e. The van der Waals surface area contributed by atoms with Crippen LogP contribution in [-0.2, 0) is 57.1 Å². The fourth-order valence-electron chi connectivity index (χ4n) is 3.99. The lowest BCUT2D eigenvalue weighted by Gasteiger charge is -2.46. The molecule has 0 saturated carbocycles. The van der Waals surface area contributed by atoms with Gasteiger partial charge < -0.3 is 48.1 Å². The molecule has 3 aliphatic rings. The number of hydrogen-bond donors (Lipinski definition) is 2. The zero-order valence-electron chi connectivity index (χ0n) is 19.0. The molecule has 0 aromatic rings. The largest absolute Gasteiger partial charge is 0.463 e. The molecule has 14 heteroatoms. The van der Waals surface area contributed by atoms with Crippen LogP contribution in [0.1, 0.15) is 27.7 Å². The van der Waals surface area contributed by atoms with Crippen molar-refractivity contribution in [1.29, 1.82) is 0 Å². The first-order chi connectivity index (χ1) is 16.0. The molecule has 0 radical (unpaired) electrons. The molecule has 3 heterocycles. The highest BCUT2D eigenvalue weighted by atomic mass is 16.8. The molecule has 192 valence electrons. The first-order valence-corrected chi connectivity index (χ1v) is 10.6. The molecule has 3 saturated heterocycles. The van der Waals surface area contributed by atoms with Gasteiger partial charge in [0, 0.05) is 27.7 Å². The Hall–Kier alpha value is -2.36. The maximum absolute atomic E-state index is 11.9. The predicted molar refractivity (Wildman–Crippen MR) is 103 cm³/mol. The van der Waals surface area contributed by atoms with E-state index < -0.39 is 91.9 Å². The first kappa shape index (κ1) is 26.2. The quantitative estimate of drug-likeness (QED) is 0.292. The molecule has 2 bridgehead atoms. The molecule has 2 N–H and O–H groups in total. The second-order valence-electron chi connectivity index (χ2n) is 8.03. The second-order valence-corrected chi connectivity index (χ2v) is 8.03. The maximum Gasteiger partial charge on any atom is 0.303 e. The van der Waals surface area contributed by atoms with Gasteiger partial charge >= 0.3 is 23.9 Å². The van der Waals surface area contributed by atoms with Crippen molar-refractivity contribution in [2.24, 2.45) is 0 Å². The van der Waals surface area contributed by atoms with Crippen LogP contribution in [0.4, 0.5) is 0 Å². The minimum Gasteiger partial charge on any atom is -0.463 e. The SMILES string of the molecule is CC(=O)OCC1O[C@H](OC2C3COC(O3)[C@H](O)[C@H]2O)[C@H](OC(C)=O)[C@@H](OC(C)=O)[C@@H]1OC(C)=O. The van der Waals surface area contributed by atoms with Crippen LogP contribution < -0.4 is 0 Å². The molecule has 0 aromatic heterocycles. The second kappa shape index (κ2) is 10.9. The maximum atomic E-state index is 11.9. The van der Waals surface area contributed by atoms with Gasteiger partial charge in [-0.3, -0.25) is 19.2 Å². The summed E-state index contributed by atoms with van der Waals surface area (Å²) in [6, 6.07) is 0. The van der Waals surface area contributed by atoms with E-state index in [2.05, 4.69) is 0 Å². The third-order valence-corrected chi connectivity index (χ3v) is 5.30. The average Bonchev–Trinajstić information content (AvgIpc) is 3.18. The van der Waals surface area contributed by atoms with Crippen molar-refractivity contribution in [2.45, 2.75) is 89.1 Å². The molecule has 4 unspecified atom stereocenters. The Morgan fingerprint density at radius 3 is 1.94 bits per heavy atom. The third kappa shape index (κ3) is 6.00. The summed E-state index contributed by atoms with van der Waals surface area (Å²) in [4.78, 5) is 46.9. The molecule has 10 atom stereocenters. The van der Waals surface area contributed by atoms with Crippen LogP contribution >= 0.6 is 0 Å². The molecule has 0 aromatic carbocycles. The summed E-state index contributed by atoms with van der Waals surface area (Å²) in [5, 5.41) is 20.7. The van der Waals surface area contributed by atoms with E-state index in [1.165, 1.54) is 0 Å². The van der Waals surface area contributed by atoms with Crippen molar-refractivity contribution < 1.29 is 67.3 Å². The molecule has 3 aliphatic heterocycles. The van der Waals surface area contributed by atoms with E-state index in [9.17, 15) is 29.4 Å². The van der Waals surface area contributed by atoms with Gasteiger partial charge in [-0.05, 0) is 0 Å². The third-order valence-electron chi connectivity index (χ3n) is 5.30. The first-order valence-electron chi connectivity index (χ1n) is 10.6. The number of fused-ring (bicyclic) bond motifs is 2. The Morgan fingerprint density at radius 2 is 1.35 bits per heavy atom. The molecular weight excluding hydrogens is 464 g/mol. The molecule has 34 heavy (non-hydrogen) atoms. The highest BCUT2D eigenvalue weighted by Crippen LogP contribution is 2.35. The van der Waals surface area contributed by atoms with E-state index in [1.54, 1.807) is 0 Å². The van der Waals surface area contributed by atoms with E-state index in [4.69, 9.17) is 37.9 Å². The Morgan fingerprint density at radius 1 is 0.765 bits per heavy atom. The zero-order valence-corrected chi connectivity index (χ0v) is 19.0. The number of aliphatic hydroxyl groups excluding tert-OH is 2. The van der Waals surface area contributed by atoms with Crippen molar-refractivity contribution in [3.8, 4) is 0 Å². The molecule has 0 amide bonds. The Labute approximate surface area is 194 Å². The van der Waals surface area contributed by atoms with Crippen LogP contribution in [0, 0.1) is 0 Å². The number of rotatable bonds is 7. The van der Waals surface area contributed by atoms with Crippen LogP contribution in [0.5, 0.6) is 0 Å². The van der Waals surface area contributed by atoms with Crippen LogP contribution in [0.3, 0.4) is 0 Å². The van der Waals surface area contributed by atoms with Gasteiger partial charge in [0.15, 0.2) is 30.9 Å². The van der Waals surface area contributed by atoms with E-state index in [1.807, 2.05) is 0 Å². The number of esters is 4. The van der Waals surface area contributed by atoms with Crippen LogP contribution in [0.25, 0.3) is 0 Å². The number of carbonyl (C=O) groups excluding carboxylic acids is 4. The van der Waals surface area contributed by atoms with E-state index in [0.717, 1.165) is 27.7 Å². The summed E-state index contributed by atoms with van der Waals surface area (Å²) in [5.41, 5.74) is 0. The number of carbonyl (C=O) groups is 4. The molecule has 14 nitrogen and oxygen atoms in total. The minimum atomic E-state index is -1.52. The van der Waals surface area contributed by atoms with Gasteiger partial charge in [-0.2, -0.15) is 0 Å². The lowest BCUT2D eigenvalue weighted by molar-refractivity contribution is -0.340. The van der Waals surface area contributed by atoms with Crippen LogP contribution in [0.2, 0.25) is 0 Å². The minimum absolute atomic E-state index is 0.00523. The van der Waals surface area contributed by atoms with E-state index >= 15 is 0 Å². The fraction of sp³-hybridized carbons (Fsp3) is 0.800. The van der Waals surface area contributed by atoms with Gasteiger partial charge in [-0.25, -0.2) is 0 Å². The fourth-order valence-corrected chi connectivity index (χ4v) is 3.99.